The van der Waals surface area contributed by atoms with Crippen LogP contribution in [0.25, 0.3) is 0 Å². The number of anilines is 1. The molecule has 148 valence electrons. The second kappa shape index (κ2) is 10.4. The molecule has 2 aliphatic heterocycles. The Kier molecular flexibility index (Phi) is 7.62. The van der Waals surface area contributed by atoms with Gasteiger partial charge in [-0.3, -0.25) is 19.4 Å². The van der Waals surface area contributed by atoms with Crippen LogP contribution in [-0.2, 0) is 14.3 Å². The van der Waals surface area contributed by atoms with Crippen molar-refractivity contribution >= 4 is 17.5 Å². The predicted octanol–water partition coefficient (Wildman–Crippen LogP) is 0.786. The molecule has 3 rings (SSSR count). The van der Waals surface area contributed by atoms with Gasteiger partial charge in [0.2, 0.25) is 11.8 Å². The number of nitrogens with one attached hydrogen (secondary N) is 2. The lowest BCUT2D eigenvalue weighted by atomic mass is 9.98. The summed E-state index contributed by atoms with van der Waals surface area (Å²) in [5, 5.41) is 6.00. The minimum Gasteiger partial charge on any atom is -0.379 e. The van der Waals surface area contributed by atoms with Gasteiger partial charge in [-0.1, -0.05) is 18.2 Å². The van der Waals surface area contributed by atoms with E-state index in [2.05, 4.69) is 20.4 Å². The van der Waals surface area contributed by atoms with Crippen LogP contribution in [0.1, 0.15) is 12.8 Å². The molecular weight excluding hydrogens is 344 g/mol. The Morgan fingerprint density at radius 1 is 1.00 bits per heavy atom. The standard InChI is InChI=1S/C20H30N4O3/c25-19(15-23-9-11-27-12-10-23)21-13-17-5-4-8-24(14-17)16-20(26)22-18-6-2-1-3-7-18/h1-3,6-7,17H,4-5,8-16H2,(H,21,25)(H,22,26). The topological polar surface area (TPSA) is 73.9 Å². The van der Waals surface area contributed by atoms with Crippen LogP contribution in [0, 0.1) is 5.92 Å². The van der Waals surface area contributed by atoms with Crippen molar-refractivity contribution in [2.24, 2.45) is 5.92 Å². The van der Waals surface area contributed by atoms with Crippen LogP contribution < -0.4 is 10.6 Å². The first kappa shape index (κ1) is 19.8. The van der Waals surface area contributed by atoms with Crippen molar-refractivity contribution in [2.45, 2.75) is 12.8 Å². The van der Waals surface area contributed by atoms with Crippen molar-refractivity contribution in [3.63, 3.8) is 0 Å². The maximum atomic E-state index is 12.2. The summed E-state index contributed by atoms with van der Waals surface area (Å²) in [5.74, 6) is 0.492. The Hall–Kier alpha value is -1.96. The van der Waals surface area contributed by atoms with E-state index >= 15 is 0 Å². The molecule has 0 aliphatic carbocycles. The van der Waals surface area contributed by atoms with Gasteiger partial charge in [-0.2, -0.15) is 0 Å². The molecule has 2 fully saturated rings. The number of nitrogens with zero attached hydrogens (tertiary/aromatic N) is 2. The molecule has 1 aromatic rings. The normalized spacial score (nSPS) is 21.6. The summed E-state index contributed by atoms with van der Waals surface area (Å²) in [7, 11) is 0. The third kappa shape index (κ3) is 6.93. The molecule has 2 amide bonds. The third-order valence-electron chi connectivity index (χ3n) is 5.09. The van der Waals surface area contributed by atoms with Gasteiger partial charge < -0.3 is 15.4 Å². The number of hydrogen-bond donors (Lipinski definition) is 2. The van der Waals surface area contributed by atoms with E-state index < -0.39 is 0 Å². The summed E-state index contributed by atoms with van der Waals surface area (Å²) < 4.78 is 5.31. The average Bonchev–Trinajstić information content (AvgIpc) is 2.68. The third-order valence-corrected chi connectivity index (χ3v) is 5.09. The molecule has 2 saturated heterocycles. The zero-order valence-electron chi connectivity index (χ0n) is 15.9. The maximum absolute atomic E-state index is 12.2. The number of carbonyl (C=O) groups is 2. The number of amides is 2. The molecule has 7 nitrogen and oxygen atoms in total. The van der Waals surface area contributed by atoms with Crippen LogP contribution in [0.5, 0.6) is 0 Å². The van der Waals surface area contributed by atoms with Crippen molar-refractivity contribution in [1.82, 2.24) is 15.1 Å². The van der Waals surface area contributed by atoms with Gasteiger partial charge in [0.15, 0.2) is 0 Å². The molecule has 0 saturated carbocycles. The highest BCUT2D eigenvalue weighted by Gasteiger charge is 2.22. The van der Waals surface area contributed by atoms with E-state index in [1.807, 2.05) is 30.3 Å². The smallest absolute Gasteiger partial charge is 0.238 e. The Bertz CT molecular complexity index is 605. The van der Waals surface area contributed by atoms with Crippen molar-refractivity contribution in [1.29, 1.82) is 0 Å². The fraction of sp³-hybridized carbons (Fsp3) is 0.600. The summed E-state index contributed by atoms with van der Waals surface area (Å²) in [4.78, 5) is 28.7. The number of piperidine rings is 1. The molecule has 0 radical (unpaired) electrons. The lowest BCUT2D eigenvalue weighted by Gasteiger charge is -2.32. The molecule has 1 unspecified atom stereocenters. The summed E-state index contributed by atoms with van der Waals surface area (Å²) in [6.07, 6.45) is 2.15. The van der Waals surface area contributed by atoms with Crippen LogP contribution in [0.15, 0.2) is 30.3 Å². The number of benzene rings is 1. The number of rotatable bonds is 7. The van der Waals surface area contributed by atoms with Crippen LogP contribution in [0.2, 0.25) is 0 Å². The van der Waals surface area contributed by atoms with E-state index in [0.717, 1.165) is 44.7 Å². The summed E-state index contributed by atoms with van der Waals surface area (Å²) in [6, 6.07) is 9.53. The Morgan fingerprint density at radius 3 is 2.52 bits per heavy atom. The molecule has 7 heteroatoms. The quantitative estimate of drug-likeness (QED) is 0.738. The van der Waals surface area contributed by atoms with E-state index in [1.165, 1.54) is 0 Å². The van der Waals surface area contributed by atoms with E-state index in [9.17, 15) is 9.59 Å². The molecule has 2 aliphatic rings. The number of likely N-dealkylation sites (tertiary alicyclic amines) is 1. The van der Waals surface area contributed by atoms with Crippen molar-refractivity contribution < 1.29 is 14.3 Å². The summed E-state index contributed by atoms with van der Waals surface area (Å²) in [5.41, 5.74) is 0.825. The molecule has 2 N–H and O–H groups in total. The van der Waals surface area contributed by atoms with Gasteiger partial charge in [-0.25, -0.2) is 0 Å². The molecule has 0 aromatic heterocycles. The average molecular weight is 374 g/mol. The highest BCUT2D eigenvalue weighted by atomic mass is 16.5. The monoisotopic (exact) mass is 374 g/mol. The molecular formula is C20H30N4O3. The van der Waals surface area contributed by atoms with Crippen LogP contribution >= 0.6 is 0 Å². The predicted molar refractivity (Wildman–Crippen MR) is 105 cm³/mol. The highest BCUT2D eigenvalue weighted by Crippen LogP contribution is 2.16. The molecule has 0 bridgehead atoms. The fourth-order valence-electron chi connectivity index (χ4n) is 3.66. The van der Waals surface area contributed by atoms with Crippen LogP contribution in [0.4, 0.5) is 5.69 Å². The van der Waals surface area contributed by atoms with Gasteiger partial charge in [0.1, 0.15) is 0 Å². The van der Waals surface area contributed by atoms with Crippen molar-refractivity contribution in [2.75, 3.05) is 64.3 Å². The first-order valence-corrected chi connectivity index (χ1v) is 9.83. The van der Waals surface area contributed by atoms with E-state index in [1.54, 1.807) is 0 Å². The largest absolute Gasteiger partial charge is 0.379 e. The molecule has 0 spiro atoms. The summed E-state index contributed by atoms with van der Waals surface area (Å²) in [6.45, 7) is 6.35. The number of hydrogen-bond acceptors (Lipinski definition) is 5. The van der Waals surface area contributed by atoms with E-state index in [-0.39, 0.29) is 11.8 Å². The maximum Gasteiger partial charge on any atom is 0.238 e. The molecule has 1 aromatic carbocycles. The fourth-order valence-corrected chi connectivity index (χ4v) is 3.66. The SMILES string of the molecule is O=C(CN1CCOCC1)NCC1CCCN(CC(=O)Nc2ccccc2)C1. The zero-order valence-corrected chi connectivity index (χ0v) is 15.9. The lowest BCUT2D eigenvalue weighted by Crippen LogP contribution is -2.46. The Labute approximate surface area is 161 Å². The van der Waals surface area contributed by atoms with Gasteiger partial charge in [0, 0.05) is 31.9 Å². The zero-order chi connectivity index (χ0) is 18.9. The first-order chi connectivity index (χ1) is 13.2. The number of ether oxygens (including phenoxy) is 1. The first-order valence-electron chi connectivity index (χ1n) is 9.83. The molecule has 27 heavy (non-hydrogen) atoms. The number of carbonyl (C=O) groups excluding carboxylic acids is 2. The minimum absolute atomic E-state index is 0.0122. The van der Waals surface area contributed by atoms with Crippen LogP contribution in [-0.4, -0.2) is 80.6 Å². The van der Waals surface area contributed by atoms with Gasteiger partial charge in [-0.05, 0) is 37.4 Å². The van der Waals surface area contributed by atoms with E-state index in [0.29, 0.717) is 38.8 Å². The molecule has 1 atom stereocenters. The van der Waals surface area contributed by atoms with Gasteiger partial charge in [-0.15, -0.1) is 0 Å². The minimum atomic E-state index is 0.0122. The molecule has 2 heterocycles. The van der Waals surface area contributed by atoms with Gasteiger partial charge in [0.25, 0.3) is 0 Å². The lowest BCUT2D eigenvalue weighted by molar-refractivity contribution is -0.123. The van der Waals surface area contributed by atoms with Crippen molar-refractivity contribution in [3.8, 4) is 0 Å². The second-order valence-electron chi connectivity index (χ2n) is 7.35. The Balaban J connectivity index is 1.36. The van der Waals surface area contributed by atoms with E-state index in [4.69, 9.17) is 4.74 Å². The van der Waals surface area contributed by atoms with Gasteiger partial charge >= 0.3 is 0 Å². The Morgan fingerprint density at radius 2 is 1.74 bits per heavy atom. The van der Waals surface area contributed by atoms with Crippen molar-refractivity contribution in [3.05, 3.63) is 30.3 Å². The number of morpholine rings is 1. The summed E-state index contributed by atoms with van der Waals surface area (Å²) >= 11 is 0. The van der Waals surface area contributed by atoms with Crippen LogP contribution in [0.3, 0.4) is 0 Å². The van der Waals surface area contributed by atoms with Gasteiger partial charge in [0.05, 0.1) is 26.3 Å². The highest BCUT2D eigenvalue weighted by molar-refractivity contribution is 5.92. The second-order valence-corrected chi connectivity index (χ2v) is 7.35. The number of para-hydroxylation sites is 1.